The van der Waals surface area contributed by atoms with Crippen molar-refractivity contribution in [2.24, 2.45) is 11.1 Å². The summed E-state index contributed by atoms with van der Waals surface area (Å²) in [5.41, 5.74) is 1.60. The van der Waals surface area contributed by atoms with Crippen LogP contribution >= 0.6 is 0 Å². The summed E-state index contributed by atoms with van der Waals surface area (Å²) in [5, 5.41) is 10.6. The molecule has 0 saturated carbocycles. The van der Waals surface area contributed by atoms with E-state index in [0.29, 0.717) is 12.0 Å². The summed E-state index contributed by atoms with van der Waals surface area (Å²) in [7, 11) is -3.88. The van der Waals surface area contributed by atoms with Crippen molar-refractivity contribution in [1.29, 1.82) is 0 Å². The summed E-state index contributed by atoms with van der Waals surface area (Å²) < 4.78 is 23.0. The molecule has 2 rings (SSSR count). The SMILES string of the molecule is Cc1ccccc1C(=O)N[C@H](CC(C)C)C(=O)Nc1cccc(S(N)(=O)=O)c1. The number of carbonyl (C=O) groups is 2. The van der Waals surface area contributed by atoms with Crippen molar-refractivity contribution in [3.8, 4) is 0 Å². The van der Waals surface area contributed by atoms with E-state index in [4.69, 9.17) is 5.14 Å². The molecular weight excluding hydrogens is 378 g/mol. The number of amides is 2. The predicted octanol–water partition coefficient (Wildman–Crippen LogP) is 2.43. The van der Waals surface area contributed by atoms with Gasteiger partial charge in [0.1, 0.15) is 6.04 Å². The normalized spacial score (nSPS) is 12.5. The van der Waals surface area contributed by atoms with Crippen LogP contribution in [0, 0.1) is 12.8 Å². The van der Waals surface area contributed by atoms with Crippen molar-refractivity contribution in [2.75, 3.05) is 5.32 Å². The number of nitrogens with two attached hydrogens (primary N) is 1. The summed E-state index contributed by atoms with van der Waals surface area (Å²) in [6.45, 7) is 5.72. The van der Waals surface area contributed by atoms with E-state index in [1.165, 1.54) is 18.2 Å². The first kappa shape index (κ1) is 21.6. The number of carbonyl (C=O) groups excluding carboxylic acids is 2. The Hall–Kier alpha value is -2.71. The van der Waals surface area contributed by atoms with Crippen LogP contribution in [0.25, 0.3) is 0 Å². The zero-order valence-corrected chi connectivity index (χ0v) is 16.9. The van der Waals surface area contributed by atoms with Gasteiger partial charge < -0.3 is 10.6 Å². The van der Waals surface area contributed by atoms with Gasteiger partial charge in [-0.3, -0.25) is 9.59 Å². The van der Waals surface area contributed by atoms with Gasteiger partial charge in [-0.05, 0) is 49.1 Å². The number of hydrogen-bond donors (Lipinski definition) is 3. The van der Waals surface area contributed by atoms with Crippen LogP contribution in [0.3, 0.4) is 0 Å². The molecule has 0 bridgehead atoms. The number of aryl methyl sites for hydroxylation is 1. The lowest BCUT2D eigenvalue weighted by atomic mass is 10.0. The fourth-order valence-electron chi connectivity index (χ4n) is 2.75. The third-order valence-corrected chi connectivity index (χ3v) is 5.06. The topological polar surface area (TPSA) is 118 Å². The molecule has 2 aromatic rings. The Morgan fingerprint density at radius 1 is 1.07 bits per heavy atom. The number of benzene rings is 2. The Labute approximate surface area is 165 Å². The first-order valence-electron chi connectivity index (χ1n) is 8.88. The highest BCUT2D eigenvalue weighted by Gasteiger charge is 2.23. The van der Waals surface area contributed by atoms with E-state index in [2.05, 4.69) is 10.6 Å². The van der Waals surface area contributed by atoms with Crippen molar-refractivity contribution in [2.45, 2.75) is 38.1 Å². The molecule has 0 aliphatic carbocycles. The molecule has 0 unspecified atom stereocenters. The van der Waals surface area contributed by atoms with E-state index in [-0.39, 0.29) is 22.4 Å². The molecule has 0 aliphatic rings. The van der Waals surface area contributed by atoms with Gasteiger partial charge >= 0.3 is 0 Å². The zero-order valence-electron chi connectivity index (χ0n) is 16.1. The van der Waals surface area contributed by atoms with Crippen molar-refractivity contribution >= 4 is 27.5 Å². The van der Waals surface area contributed by atoms with Crippen molar-refractivity contribution in [3.63, 3.8) is 0 Å². The summed E-state index contributed by atoms with van der Waals surface area (Å²) >= 11 is 0. The standard InChI is InChI=1S/C20H25N3O4S/c1-13(2)11-18(23-19(24)17-10-5-4-7-14(17)3)20(25)22-15-8-6-9-16(12-15)28(21,26)27/h4-10,12-13,18H,11H2,1-3H3,(H,22,25)(H,23,24)(H2,21,26,27)/t18-/m1/s1. The van der Waals surface area contributed by atoms with Crippen LogP contribution in [-0.2, 0) is 14.8 Å². The highest BCUT2D eigenvalue weighted by Crippen LogP contribution is 2.16. The molecule has 0 saturated heterocycles. The summed E-state index contributed by atoms with van der Waals surface area (Å²) in [5.74, 6) is -0.608. The van der Waals surface area contributed by atoms with Crippen LogP contribution in [0.15, 0.2) is 53.4 Å². The van der Waals surface area contributed by atoms with Gasteiger partial charge in [0.15, 0.2) is 0 Å². The Morgan fingerprint density at radius 2 is 1.75 bits per heavy atom. The van der Waals surface area contributed by atoms with Crippen LogP contribution in [0.5, 0.6) is 0 Å². The average Bonchev–Trinajstić information content (AvgIpc) is 2.60. The molecule has 0 fully saturated rings. The maximum atomic E-state index is 12.8. The molecular formula is C20H25N3O4S. The Morgan fingerprint density at radius 3 is 2.36 bits per heavy atom. The number of hydrogen-bond acceptors (Lipinski definition) is 4. The van der Waals surface area contributed by atoms with Gasteiger partial charge in [-0.25, -0.2) is 13.6 Å². The number of rotatable bonds is 7. The van der Waals surface area contributed by atoms with Gasteiger partial charge in [0, 0.05) is 11.3 Å². The molecule has 7 nitrogen and oxygen atoms in total. The van der Waals surface area contributed by atoms with E-state index in [1.807, 2.05) is 32.9 Å². The van der Waals surface area contributed by atoms with Crippen LogP contribution < -0.4 is 15.8 Å². The molecule has 28 heavy (non-hydrogen) atoms. The van der Waals surface area contributed by atoms with Gasteiger partial charge in [-0.2, -0.15) is 0 Å². The quantitative estimate of drug-likeness (QED) is 0.658. The molecule has 2 aromatic carbocycles. The van der Waals surface area contributed by atoms with Crippen LogP contribution in [0.4, 0.5) is 5.69 Å². The van der Waals surface area contributed by atoms with E-state index >= 15 is 0 Å². The number of nitrogens with one attached hydrogen (secondary N) is 2. The molecule has 0 heterocycles. The lowest BCUT2D eigenvalue weighted by Gasteiger charge is -2.21. The van der Waals surface area contributed by atoms with Crippen molar-refractivity contribution in [1.82, 2.24) is 5.32 Å². The minimum atomic E-state index is -3.88. The lowest BCUT2D eigenvalue weighted by molar-refractivity contribution is -0.118. The number of sulfonamides is 1. The second-order valence-corrected chi connectivity index (χ2v) is 8.59. The first-order chi connectivity index (χ1) is 13.1. The Balaban J connectivity index is 2.20. The second-order valence-electron chi connectivity index (χ2n) is 7.03. The molecule has 2 amide bonds. The van der Waals surface area contributed by atoms with E-state index in [1.54, 1.807) is 18.2 Å². The minimum absolute atomic E-state index is 0.102. The third kappa shape index (κ3) is 5.90. The predicted molar refractivity (Wildman–Crippen MR) is 108 cm³/mol. The maximum Gasteiger partial charge on any atom is 0.252 e. The number of anilines is 1. The van der Waals surface area contributed by atoms with Gasteiger partial charge in [0.05, 0.1) is 4.90 Å². The third-order valence-electron chi connectivity index (χ3n) is 4.15. The smallest absolute Gasteiger partial charge is 0.252 e. The summed E-state index contributed by atoms with van der Waals surface area (Å²) in [4.78, 5) is 25.3. The molecule has 150 valence electrons. The van der Waals surface area contributed by atoms with Crippen LogP contribution in [0.1, 0.15) is 36.2 Å². The van der Waals surface area contributed by atoms with Crippen molar-refractivity contribution in [3.05, 3.63) is 59.7 Å². The second kappa shape index (κ2) is 8.99. The summed E-state index contributed by atoms with van der Waals surface area (Å²) in [6, 6.07) is 12.0. The molecule has 4 N–H and O–H groups in total. The van der Waals surface area contributed by atoms with Crippen molar-refractivity contribution < 1.29 is 18.0 Å². The molecule has 0 aromatic heterocycles. The van der Waals surface area contributed by atoms with Gasteiger partial charge in [0.2, 0.25) is 15.9 Å². The highest BCUT2D eigenvalue weighted by atomic mass is 32.2. The average molecular weight is 404 g/mol. The number of primary sulfonamides is 1. The van der Waals surface area contributed by atoms with Gasteiger partial charge in [-0.15, -0.1) is 0 Å². The van der Waals surface area contributed by atoms with E-state index in [0.717, 1.165) is 5.56 Å². The first-order valence-corrected chi connectivity index (χ1v) is 10.4. The van der Waals surface area contributed by atoms with E-state index < -0.39 is 22.0 Å². The maximum absolute atomic E-state index is 12.8. The van der Waals surface area contributed by atoms with Gasteiger partial charge in [0.25, 0.3) is 5.91 Å². The fraction of sp³-hybridized carbons (Fsp3) is 0.300. The summed E-state index contributed by atoms with van der Waals surface area (Å²) in [6.07, 6.45) is 0.429. The van der Waals surface area contributed by atoms with E-state index in [9.17, 15) is 18.0 Å². The van der Waals surface area contributed by atoms with Crippen LogP contribution in [-0.4, -0.2) is 26.3 Å². The molecule has 0 aliphatic heterocycles. The highest BCUT2D eigenvalue weighted by molar-refractivity contribution is 7.89. The monoisotopic (exact) mass is 403 g/mol. The molecule has 8 heteroatoms. The minimum Gasteiger partial charge on any atom is -0.340 e. The molecule has 0 spiro atoms. The molecule has 0 radical (unpaired) electrons. The Kier molecular flexibility index (Phi) is 6.93. The van der Waals surface area contributed by atoms with Gasteiger partial charge in [-0.1, -0.05) is 38.1 Å². The van der Waals surface area contributed by atoms with Crippen LogP contribution in [0.2, 0.25) is 0 Å². The zero-order chi connectivity index (χ0) is 20.9. The Bertz CT molecular complexity index is 971. The largest absolute Gasteiger partial charge is 0.340 e. The lowest BCUT2D eigenvalue weighted by Crippen LogP contribution is -2.44. The molecule has 1 atom stereocenters. The fourth-order valence-corrected chi connectivity index (χ4v) is 3.31.